The smallest absolute Gasteiger partial charge is 0.326 e. The predicted octanol–water partition coefficient (Wildman–Crippen LogP) is 0.122. The van der Waals surface area contributed by atoms with Crippen LogP contribution >= 0.6 is 0 Å². The summed E-state index contributed by atoms with van der Waals surface area (Å²) >= 11 is 0. The number of carboxylic acid groups (broad SMARTS) is 2. The molecule has 1 fully saturated rings. The van der Waals surface area contributed by atoms with Gasteiger partial charge in [-0.1, -0.05) is 44.2 Å². The van der Waals surface area contributed by atoms with E-state index in [0.29, 0.717) is 19.4 Å². The van der Waals surface area contributed by atoms with E-state index < -0.39 is 53.8 Å². The number of carbonyl (C=O) groups excluding carboxylic acids is 3. The number of benzene rings is 1. The summed E-state index contributed by atoms with van der Waals surface area (Å²) in [5.41, 5.74) is 6.63. The Balaban J connectivity index is 2.17. The topological polar surface area (TPSA) is 179 Å². The van der Waals surface area contributed by atoms with Crippen LogP contribution in [0.25, 0.3) is 0 Å². The van der Waals surface area contributed by atoms with Gasteiger partial charge >= 0.3 is 11.9 Å². The molecule has 1 aromatic rings. The summed E-state index contributed by atoms with van der Waals surface area (Å²) in [5.74, 6) is -4.33. The van der Waals surface area contributed by atoms with Crippen LogP contribution in [-0.4, -0.2) is 75.5 Å². The van der Waals surface area contributed by atoms with Crippen molar-refractivity contribution in [2.45, 2.75) is 70.1 Å². The lowest BCUT2D eigenvalue weighted by atomic mass is 10.0. The summed E-state index contributed by atoms with van der Waals surface area (Å²) in [5, 5.41) is 23.5. The molecule has 11 heteroatoms. The molecule has 6 N–H and O–H groups in total. The van der Waals surface area contributed by atoms with Gasteiger partial charge in [0.25, 0.3) is 0 Å². The highest BCUT2D eigenvalue weighted by Crippen LogP contribution is 2.20. The minimum absolute atomic E-state index is 0.0518. The molecule has 3 amide bonds. The average Bonchev–Trinajstić information content (AvgIpc) is 3.30. The third kappa shape index (κ3) is 8.06. The first-order valence-corrected chi connectivity index (χ1v) is 11.7. The first kappa shape index (κ1) is 27.8. The number of likely N-dealkylation sites (tertiary alicyclic amines) is 1. The van der Waals surface area contributed by atoms with Crippen molar-refractivity contribution < 1.29 is 34.2 Å². The third-order valence-electron chi connectivity index (χ3n) is 5.97. The number of carbonyl (C=O) groups is 5. The third-order valence-corrected chi connectivity index (χ3v) is 5.97. The van der Waals surface area contributed by atoms with Crippen LogP contribution in [0.2, 0.25) is 0 Å². The van der Waals surface area contributed by atoms with Gasteiger partial charge in [0, 0.05) is 19.4 Å². The maximum Gasteiger partial charge on any atom is 0.326 e. The molecule has 2 rings (SSSR count). The number of nitrogens with two attached hydrogens (primary N) is 1. The van der Waals surface area contributed by atoms with Crippen LogP contribution in [0.3, 0.4) is 0 Å². The fraction of sp³-hybridized carbons (Fsp3) is 0.542. The Hall–Kier alpha value is -3.47. The van der Waals surface area contributed by atoms with Gasteiger partial charge in [-0.2, -0.15) is 0 Å². The molecule has 0 aromatic heterocycles. The Morgan fingerprint density at radius 3 is 2.31 bits per heavy atom. The van der Waals surface area contributed by atoms with E-state index in [1.54, 1.807) is 38.1 Å². The van der Waals surface area contributed by atoms with E-state index in [1.807, 2.05) is 6.07 Å². The van der Waals surface area contributed by atoms with Crippen LogP contribution in [0.5, 0.6) is 0 Å². The molecular weight excluding hydrogens is 456 g/mol. The first-order chi connectivity index (χ1) is 16.5. The number of nitrogens with zero attached hydrogens (tertiary/aromatic N) is 1. The number of hydrogen-bond donors (Lipinski definition) is 5. The Morgan fingerprint density at radius 2 is 1.74 bits per heavy atom. The van der Waals surface area contributed by atoms with E-state index in [9.17, 15) is 29.1 Å². The summed E-state index contributed by atoms with van der Waals surface area (Å²) in [4.78, 5) is 62.7. The monoisotopic (exact) mass is 490 g/mol. The largest absolute Gasteiger partial charge is 0.481 e. The molecule has 0 radical (unpaired) electrons. The predicted molar refractivity (Wildman–Crippen MR) is 126 cm³/mol. The molecule has 0 saturated carbocycles. The average molecular weight is 491 g/mol. The molecule has 1 heterocycles. The summed E-state index contributed by atoms with van der Waals surface area (Å²) < 4.78 is 0. The minimum Gasteiger partial charge on any atom is -0.481 e. The van der Waals surface area contributed by atoms with Crippen molar-refractivity contribution in [1.29, 1.82) is 0 Å². The van der Waals surface area contributed by atoms with Gasteiger partial charge in [0.15, 0.2) is 0 Å². The number of hydrogen-bond acceptors (Lipinski definition) is 6. The summed E-state index contributed by atoms with van der Waals surface area (Å²) in [6.45, 7) is 3.63. The summed E-state index contributed by atoms with van der Waals surface area (Å²) in [6.07, 6.45) is 0.731. The van der Waals surface area contributed by atoms with Crippen molar-refractivity contribution in [2.75, 3.05) is 6.54 Å². The summed E-state index contributed by atoms with van der Waals surface area (Å²) in [7, 11) is 0. The zero-order valence-electron chi connectivity index (χ0n) is 20.0. The van der Waals surface area contributed by atoms with Crippen LogP contribution in [-0.2, 0) is 30.4 Å². The SMILES string of the molecule is CC(C)C(NC(=O)C(Cc1ccccc1)NC(=O)C1CCCN1C(=O)C(N)CCC(=O)O)C(=O)O. The number of rotatable bonds is 12. The summed E-state index contributed by atoms with van der Waals surface area (Å²) in [6, 6.07) is 4.86. The molecule has 0 aliphatic carbocycles. The van der Waals surface area contributed by atoms with Gasteiger partial charge in [-0.25, -0.2) is 4.79 Å². The van der Waals surface area contributed by atoms with Crippen LogP contribution in [0.1, 0.15) is 45.1 Å². The molecule has 11 nitrogen and oxygen atoms in total. The Labute approximate surface area is 204 Å². The fourth-order valence-electron chi connectivity index (χ4n) is 4.01. The lowest BCUT2D eigenvalue weighted by Gasteiger charge is -2.29. The van der Waals surface area contributed by atoms with E-state index in [4.69, 9.17) is 10.8 Å². The van der Waals surface area contributed by atoms with Gasteiger partial charge in [-0.05, 0) is 30.7 Å². The van der Waals surface area contributed by atoms with Crippen LogP contribution in [0.4, 0.5) is 0 Å². The second-order valence-electron chi connectivity index (χ2n) is 9.05. The normalized spacial score (nSPS) is 17.9. The van der Waals surface area contributed by atoms with Crippen LogP contribution in [0.15, 0.2) is 30.3 Å². The lowest BCUT2D eigenvalue weighted by molar-refractivity contribution is -0.144. The quantitative estimate of drug-likeness (QED) is 0.274. The molecule has 1 aliphatic heterocycles. The molecule has 1 aromatic carbocycles. The van der Waals surface area contributed by atoms with Gasteiger partial charge in [0.2, 0.25) is 17.7 Å². The molecule has 4 unspecified atom stereocenters. The van der Waals surface area contributed by atoms with Gasteiger partial charge in [0.1, 0.15) is 18.1 Å². The molecule has 192 valence electrons. The maximum absolute atomic E-state index is 13.2. The van der Waals surface area contributed by atoms with Gasteiger partial charge in [0.05, 0.1) is 6.04 Å². The molecule has 1 aliphatic rings. The van der Waals surface area contributed by atoms with Gasteiger partial charge in [-0.15, -0.1) is 0 Å². The Kier molecular flexibility index (Phi) is 10.2. The van der Waals surface area contributed by atoms with Crippen molar-refractivity contribution in [2.24, 2.45) is 11.7 Å². The van der Waals surface area contributed by atoms with Crippen molar-refractivity contribution in [1.82, 2.24) is 15.5 Å². The van der Waals surface area contributed by atoms with E-state index in [-0.39, 0.29) is 25.2 Å². The molecule has 0 bridgehead atoms. The molecular formula is C24H34N4O7. The fourth-order valence-corrected chi connectivity index (χ4v) is 4.01. The second-order valence-corrected chi connectivity index (χ2v) is 9.05. The zero-order chi connectivity index (χ0) is 26.1. The van der Waals surface area contributed by atoms with Crippen molar-refractivity contribution >= 4 is 29.7 Å². The first-order valence-electron chi connectivity index (χ1n) is 11.7. The highest BCUT2D eigenvalue weighted by atomic mass is 16.4. The van der Waals surface area contributed by atoms with E-state index >= 15 is 0 Å². The highest BCUT2D eigenvalue weighted by molar-refractivity contribution is 5.94. The van der Waals surface area contributed by atoms with Crippen molar-refractivity contribution in [3.8, 4) is 0 Å². The van der Waals surface area contributed by atoms with Crippen molar-refractivity contribution in [3.05, 3.63) is 35.9 Å². The Morgan fingerprint density at radius 1 is 1.09 bits per heavy atom. The van der Waals surface area contributed by atoms with E-state index in [0.717, 1.165) is 5.56 Å². The number of nitrogens with one attached hydrogen (secondary N) is 2. The van der Waals surface area contributed by atoms with Crippen LogP contribution < -0.4 is 16.4 Å². The molecule has 4 atom stereocenters. The standard InChI is InChI=1S/C24H34N4O7/c1-14(2)20(24(34)35)27-21(31)17(13-15-7-4-3-5-8-15)26-22(32)18-9-6-12-28(18)23(33)16(25)10-11-19(29)30/h3-5,7-8,14,16-18,20H,6,9-13,25H2,1-2H3,(H,26,32)(H,27,31)(H,29,30)(H,34,35). The molecule has 0 spiro atoms. The van der Waals surface area contributed by atoms with Gasteiger partial charge in [-0.3, -0.25) is 19.2 Å². The minimum atomic E-state index is -1.18. The number of amides is 3. The highest BCUT2D eigenvalue weighted by Gasteiger charge is 2.38. The molecule has 1 saturated heterocycles. The van der Waals surface area contributed by atoms with Crippen molar-refractivity contribution in [3.63, 3.8) is 0 Å². The lowest BCUT2D eigenvalue weighted by Crippen LogP contribution is -2.57. The maximum atomic E-state index is 13.2. The number of carboxylic acids is 2. The van der Waals surface area contributed by atoms with E-state index in [1.165, 1.54) is 4.90 Å². The molecule has 35 heavy (non-hydrogen) atoms. The number of aliphatic carboxylic acids is 2. The second kappa shape index (κ2) is 12.8. The van der Waals surface area contributed by atoms with Crippen LogP contribution in [0, 0.1) is 5.92 Å². The van der Waals surface area contributed by atoms with E-state index in [2.05, 4.69) is 10.6 Å². The Bertz CT molecular complexity index is 922. The van der Waals surface area contributed by atoms with Gasteiger partial charge < -0.3 is 31.5 Å². The zero-order valence-corrected chi connectivity index (χ0v) is 20.0.